The van der Waals surface area contributed by atoms with Gasteiger partial charge in [-0.05, 0) is 73.3 Å². The van der Waals surface area contributed by atoms with E-state index in [4.69, 9.17) is 14.0 Å². The largest absolute Gasteiger partial charge is 0.508 e. The van der Waals surface area contributed by atoms with Gasteiger partial charge in [-0.3, -0.25) is 0 Å². The van der Waals surface area contributed by atoms with Gasteiger partial charge in [-0.2, -0.15) is 0 Å². The van der Waals surface area contributed by atoms with Crippen LogP contribution in [0.5, 0.6) is 5.75 Å². The summed E-state index contributed by atoms with van der Waals surface area (Å²) in [5, 5.41) is 14.5. The molecule has 1 fully saturated rings. The molecule has 176 valence electrons. The normalized spacial score (nSPS) is 17.1. The van der Waals surface area contributed by atoms with Crippen LogP contribution in [-0.4, -0.2) is 36.1 Å². The number of fused-ring (bicyclic) bond motifs is 1. The second kappa shape index (κ2) is 9.53. The molecule has 0 unspecified atom stereocenters. The number of rotatable bonds is 6. The number of hydrogen-bond acceptors (Lipinski definition) is 5. The maximum atomic E-state index is 12.4. The number of nitrogens with one attached hydrogen (secondary N) is 1. The Balaban J connectivity index is 1.53. The highest BCUT2D eigenvalue weighted by atomic mass is 16.7. The number of ether oxygens (including phenoxy) is 1. The number of aromatic hydroxyl groups is 1. The molecule has 2 N–H and O–H groups in total. The van der Waals surface area contributed by atoms with Crippen LogP contribution >= 0.6 is 0 Å². The molecule has 1 aliphatic heterocycles. The second-order valence-electron chi connectivity index (χ2n) is 9.51. The van der Waals surface area contributed by atoms with E-state index in [1.165, 1.54) is 0 Å². The number of hydrogen-bond donors (Lipinski definition) is 2. The number of carbonyl (C=O) groups is 1. The average Bonchev–Trinajstić information content (AvgIpc) is 3.02. The summed E-state index contributed by atoms with van der Waals surface area (Å²) in [6.45, 7) is 8.38. The average molecular weight is 459 g/mol. The number of carbonyl (C=O) groups excluding carboxylic acids is 1. The van der Waals surface area contributed by atoms with Crippen LogP contribution in [0.4, 0.5) is 4.79 Å². The minimum Gasteiger partial charge on any atom is -0.508 e. The molecule has 1 saturated heterocycles. The van der Waals surface area contributed by atoms with Crippen molar-refractivity contribution in [3.05, 3.63) is 83.3 Å². The molecule has 34 heavy (non-hydrogen) atoms. The van der Waals surface area contributed by atoms with Gasteiger partial charge >= 0.3 is 13.2 Å². The Hall–Kier alpha value is -3.29. The van der Waals surface area contributed by atoms with Gasteiger partial charge in [0.25, 0.3) is 0 Å². The summed E-state index contributed by atoms with van der Waals surface area (Å²) in [4.78, 5) is 12.4. The smallest absolute Gasteiger partial charge is 0.492 e. The van der Waals surface area contributed by atoms with Crippen molar-refractivity contribution >= 4 is 30.1 Å². The number of alkyl carbamates (subject to hydrolysis) is 1. The molecule has 0 atom stereocenters. The quantitative estimate of drug-likeness (QED) is 0.477. The lowest BCUT2D eigenvalue weighted by molar-refractivity contribution is 0.00578. The van der Waals surface area contributed by atoms with Crippen molar-refractivity contribution < 1.29 is 23.9 Å². The molecular formula is C27H30BNO5. The van der Waals surface area contributed by atoms with Crippen LogP contribution in [0.2, 0.25) is 0 Å². The first kappa shape index (κ1) is 23.9. The Morgan fingerprint density at radius 2 is 1.62 bits per heavy atom. The molecule has 0 radical (unpaired) electrons. The summed E-state index contributed by atoms with van der Waals surface area (Å²) >= 11 is 0. The lowest BCUT2D eigenvalue weighted by atomic mass is 9.77. The van der Waals surface area contributed by atoms with Crippen LogP contribution in [0.25, 0.3) is 16.8 Å². The predicted octanol–water partition coefficient (Wildman–Crippen LogP) is 5.49. The number of amides is 1. The molecule has 0 bridgehead atoms. The van der Waals surface area contributed by atoms with Crippen LogP contribution in [0, 0.1) is 0 Å². The van der Waals surface area contributed by atoms with Crippen molar-refractivity contribution in [2.45, 2.75) is 45.5 Å². The van der Waals surface area contributed by atoms with E-state index in [9.17, 15) is 9.90 Å². The number of phenols is 1. The Labute approximate surface area is 200 Å². The van der Waals surface area contributed by atoms with Crippen molar-refractivity contribution in [1.82, 2.24) is 5.32 Å². The van der Waals surface area contributed by atoms with Crippen LogP contribution in [0.15, 0.2) is 72.2 Å². The highest BCUT2D eigenvalue weighted by Gasteiger charge is 2.52. The molecule has 0 aromatic heterocycles. The summed E-state index contributed by atoms with van der Waals surface area (Å²) in [7, 11) is -0.616. The van der Waals surface area contributed by atoms with Crippen LogP contribution in [0.3, 0.4) is 0 Å². The third kappa shape index (κ3) is 5.43. The van der Waals surface area contributed by atoms with Crippen molar-refractivity contribution in [2.24, 2.45) is 0 Å². The van der Waals surface area contributed by atoms with Crippen molar-refractivity contribution in [3.63, 3.8) is 0 Å². The molecule has 1 aliphatic rings. The third-order valence-corrected chi connectivity index (χ3v) is 6.41. The van der Waals surface area contributed by atoms with Gasteiger partial charge in [0, 0.05) is 6.54 Å². The number of phenolic OH excluding ortho intramolecular Hbond substituents is 1. The summed E-state index contributed by atoms with van der Waals surface area (Å²) in [5.41, 5.74) is 1.61. The standard InChI is InChI=1S/C27H30BNO5/c1-26(2)27(3,4)34-28(33-26)23(17-29-25(31)32-18-19-8-6-5-7-9-19)15-20-10-11-22-16-24(30)13-12-21(22)14-20/h5-16,30H,17-18H2,1-4H3,(H,29,31). The van der Waals surface area contributed by atoms with Crippen molar-refractivity contribution in [2.75, 3.05) is 6.54 Å². The fourth-order valence-electron chi connectivity index (χ4n) is 3.70. The van der Waals surface area contributed by atoms with E-state index >= 15 is 0 Å². The first-order chi connectivity index (χ1) is 16.1. The molecule has 6 nitrogen and oxygen atoms in total. The maximum absolute atomic E-state index is 12.4. The maximum Gasteiger partial charge on any atom is 0.492 e. The molecular weight excluding hydrogens is 429 g/mol. The van der Waals surface area contributed by atoms with Crippen LogP contribution in [-0.2, 0) is 20.7 Å². The van der Waals surface area contributed by atoms with E-state index in [2.05, 4.69) is 5.32 Å². The highest BCUT2D eigenvalue weighted by Crippen LogP contribution is 2.38. The molecule has 0 aliphatic carbocycles. The topological polar surface area (TPSA) is 77.0 Å². The first-order valence-electron chi connectivity index (χ1n) is 11.4. The van der Waals surface area contributed by atoms with Gasteiger partial charge < -0.3 is 24.5 Å². The molecule has 0 spiro atoms. The Bertz CT molecular complexity index is 1190. The van der Waals surface area contributed by atoms with E-state index in [-0.39, 0.29) is 18.9 Å². The van der Waals surface area contributed by atoms with Gasteiger partial charge in [0.2, 0.25) is 0 Å². The Morgan fingerprint density at radius 3 is 2.32 bits per heavy atom. The summed E-state index contributed by atoms with van der Waals surface area (Å²) < 4.78 is 17.9. The fraction of sp³-hybridized carbons (Fsp3) is 0.296. The van der Waals surface area contributed by atoms with Crippen LogP contribution in [0.1, 0.15) is 38.8 Å². The highest BCUT2D eigenvalue weighted by molar-refractivity contribution is 6.56. The fourth-order valence-corrected chi connectivity index (χ4v) is 3.70. The Kier molecular flexibility index (Phi) is 6.68. The van der Waals surface area contributed by atoms with Gasteiger partial charge in [0.1, 0.15) is 12.4 Å². The summed E-state index contributed by atoms with van der Waals surface area (Å²) in [6, 6.07) is 20.7. The molecule has 3 aromatic rings. The lowest BCUT2D eigenvalue weighted by Gasteiger charge is -2.32. The second-order valence-corrected chi connectivity index (χ2v) is 9.51. The van der Waals surface area contributed by atoms with E-state index in [0.29, 0.717) is 0 Å². The minimum atomic E-state index is -0.616. The van der Waals surface area contributed by atoms with Gasteiger partial charge in [-0.1, -0.05) is 54.6 Å². The van der Waals surface area contributed by atoms with Gasteiger partial charge in [-0.25, -0.2) is 4.79 Å². The summed E-state index contributed by atoms with van der Waals surface area (Å²) in [6.07, 6.45) is 1.45. The minimum absolute atomic E-state index is 0.194. The SMILES string of the molecule is CC1(C)OB(C(=Cc2ccc3cc(O)ccc3c2)CNC(=O)OCc2ccccc2)OC1(C)C. The van der Waals surface area contributed by atoms with Gasteiger partial charge in [0.15, 0.2) is 0 Å². The number of benzene rings is 3. The zero-order valence-corrected chi connectivity index (χ0v) is 20.0. The molecule has 7 heteroatoms. The lowest BCUT2D eigenvalue weighted by Crippen LogP contribution is -2.41. The Morgan fingerprint density at radius 1 is 0.971 bits per heavy atom. The van der Waals surface area contributed by atoms with Crippen LogP contribution < -0.4 is 5.32 Å². The van der Waals surface area contributed by atoms with E-state index in [0.717, 1.165) is 27.4 Å². The first-order valence-corrected chi connectivity index (χ1v) is 11.4. The molecule has 3 aromatic carbocycles. The van der Waals surface area contributed by atoms with E-state index < -0.39 is 24.4 Å². The van der Waals surface area contributed by atoms with Crippen molar-refractivity contribution in [1.29, 1.82) is 0 Å². The zero-order chi connectivity index (χ0) is 24.3. The molecule has 0 saturated carbocycles. The van der Waals surface area contributed by atoms with E-state index in [1.807, 2.05) is 88.4 Å². The molecule has 4 rings (SSSR count). The van der Waals surface area contributed by atoms with E-state index in [1.54, 1.807) is 12.1 Å². The summed E-state index contributed by atoms with van der Waals surface area (Å²) in [5.74, 6) is 0.229. The van der Waals surface area contributed by atoms with Gasteiger partial charge in [-0.15, -0.1) is 0 Å². The molecule has 1 amide bonds. The third-order valence-electron chi connectivity index (χ3n) is 6.41. The van der Waals surface area contributed by atoms with Gasteiger partial charge in [0.05, 0.1) is 11.2 Å². The zero-order valence-electron chi connectivity index (χ0n) is 20.0. The van der Waals surface area contributed by atoms with Crippen molar-refractivity contribution in [3.8, 4) is 5.75 Å². The predicted molar refractivity (Wildman–Crippen MR) is 134 cm³/mol. The monoisotopic (exact) mass is 459 g/mol. The molecule has 1 heterocycles.